The third kappa shape index (κ3) is 6.72. The molecular weight excluding hydrogens is 384 g/mol. The molecule has 0 aliphatic carbocycles. The lowest BCUT2D eigenvalue weighted by Crippen LogP contribution is -3.08. The fraction of sp³-hybridized carbons (Fsp3) is 0.300. The van der Waals surface area contributed by atoms with Crippen LogP contribution in [0.1, 0.15) is 5.56 Å². The van der Waals surface area contributed by atoms with E-state index in [0.717, 1.165) is 22.6 Å². The van der Waals surface area contributed by atoms with Crippen LogP contribution in [-0.4, -0.2) is 46.2 Å². The van der Waals surface area contributed by atoms with Gasteiger partial charge in [0.2, 0.25) is 5.91 Å². The van der Waals surface area contributed by atoms with Gasteiger partial charge in [-0.25, -0.2) is 8.78 Å². The second-order valence-electron chi connectivity index (χ2n) is 6.44. The molecular formula is C20H24F2N3O4+. The largest absolute Gasteiger partial charge is 0.497 e. The summed E-state index contributed by atoms with van der Waals surface area (Å²) in [6.07, 6.45) is 0. The molecule has 0 bridgehead atoms. The minimum Gasteiger partial charge on any atom is -0.497 e. The molecule has 0 aromatic heterocycles. The number of benzene rings is 2. The third-order valence-electron chi connectivity index (χ3n) is 4.10. The van der Waals surface area contributed by atoms with Gasteiger partial charge in [-0.3, -0.25) is 9.59 Å². The normalized spacial score (nSPS) is 11.5. The lowest BCUT2D eigenvalue weighted by atomic mass is 10.2. The molecule has 0 radical (unpaired) electrons. The number of carbonyl (C=O) groups is 2. The number of carbonyl (C=O) groups excluding carboxylic acids is 2. The Hall–Kier alpha value is -3.20. The number of amides is 2. The number of rotatable bonds is 9. The van der Waals surface area contributed by atoms with E-state index in [2.05, 4.69) is 10.6 Å². The summed E-state index contributed by atoms with van der Waals surface area (Å²) in [4.78, 5) is 24.8. The fourth-order valence-corrected chi connectivity index (χ4v) is 2.68. The molecule has 0 aliphatic heterocycles. The predicted octanol–water partition coefficient (Wildman–Crippen LogP) is 0.752. The Morgan fingerprint density at radius 3 is 2.41 bits per heavy atom. The van der Waals surface area contributed by atoms with Gasteiger partial charge in [-0.05, 0) is 24.3 Å². The van der Waals surface area contributed by atoms with E-state index in [9.17, 15) is 18.4 Å². The van der Waals surface area contributed by atoms with E-state index >= 15 is 0 Å². The van der Waals surface area contributed by atoms with Crippen molar-refractivity contribution < 1.29 is 32.7 Å². The number of quaternary nitrogens is 1. The van der Waals surface area contributed by atoms with E-state index in [1.54, 1.807) is 20.3 Å². The van der Waals surface area contributed by atoms with Crippen LogP contribution in [0.5, 0.6) is 11.5 Å². The van der Waals surface area contributed by atoms with Crippen molar-refractivity contribution in [2.75, 3.05) is 39.7 Å². The molecule has 9 heteroatoms. The molecule has 2 amide bonds. The van der Waals surface area contributed by atoms with Gasteiger partial charge >= 0.3 is 0 Å². The third-order valence-corrected chi connectivity index (χ3v) is 4.10. The Labute approximate surface area is 167 Å². The van der Waals surface area contributed by atoms with E-state index in [-0.39, 0.29) is 24.7 Å². The van der Waals surface area contributed by atoms with Crippen molar-refractivity contribution in [2.45, 2.75) is 6.54 Å². The van der Waals surface area contributed by atoms with Gasteiger partial charge in [-0.15, -0.1) is 0 Å². The number of hydrogen-bond acceptors (Lipinski definition) is 4. The van der Waals surface area contributed by atoms with E-state index < -0.39 is 17.5 Å². The first kappa shape index (κ1) is 22.1. The second-order valence-corrected chi connectivity index (χ2v) is 6.44. The first-order chi connectivity index (χ1) is 13.8. The molecule has 0 spiro atoms. The number of nitrogens with one attached hydrogen (secondary N) is 3. The molecule has 0 saturated carbocycles. The van der Waals surface area contributed by atoms with Crippen LogP contribution in [0, 0.1) is 11.6 Å². The zero-order valence-corrected chi connectivity index (χ0v) is 16.5. The van der Waals surface area contributed by atoms with Gasteiger partial charge in [0.25, 0.3) is 5.91 Å². The standard InChI is InChI=1S/C20H23F2N3O4/c1-25(11-13-4-6-15(28-2)9-18(13)29-3)12-20(27)23-10-19(26)24-14-5-7-16(21)17(22)8-14/h4-9H,10-12H2,1-3H3,(H,23,27)(H,24,26)/p+1. The van der Waals surface area contributed by atoms with E-state index in [0.29, 0.717) is 18.0 Å². The van der Waals surface area contributed by atoms with E-state index in [1.165, 1.54) is 6.07 Å². The summed E-state index contributed by atoms with van der Waals surface area (Å²) in [5, 5.41) is 4.89. The summed E-state index contributed by atoms with van der Waals surface area (Å²) in [5.41, 5.74) is 1.02. The summed E-state index contributed by atoms with van der Waals surface area (Å²) >= 11 is 0. The van der Waals surface area contributed by atoms with Gasteiger partial charge in [0, 0.05) is 23.4 Å². The molecule has 2 aromatic rings. The number of methoxy groups -OCH3 is 2. The highest BCUT2D eigenvalue weighted by Gasteiger charge is 2.15. The van der Waals surface area contributed by atoms with Gasteiger partial charge < -0.3 is 25.0 Å². The fourth-order valence-electron chi connectivity index (χ4n) is 2.68. The van der Waals surface area contributed by atoms with Crippen LogP contribution in [0.15, 0.2) is 36.4 Å². The Bertz CT molecular complexity index is 877. The van der Waals surface area contributed by atoms with Crippen molar-refractivity contribution in [3.8, 4) is 11.5 Å². The minimum atomic E-state index is -1.06. The number of likely N-dealkylation sites (N-methyl/N-ethyl adjacent to an activating group) is 1. The maximum atomic E-state index is 13.1. The highest BCUT2D eigenvalue weighted by molar-refractivity contribution is 5.94. The van der Waals surface area contributed by atoms with Crippen molar-refractivity contribution in [2.24, 2.45) is 0 Å². The Morgan fingerprint density at radius 1 is 1.00 bits per heavy atom. The number of anilines is 1. The zero-order valence-electron chi connectivity index (χ0n) is 16.5. The Kier molecular flexibility index (Phi) is 7.90. The zero-order chi connectivity index (χ0) is 21.4. The van der Waals surface area contributed by atoms with Crippen LogP contribution in [-0.2, 0) is 16.1 Å². The predicted molar refractivity (Wildman–Crippen MR) is 103 cm³/mol. The van der Waals surface area contributed by atoms with Crippen molar-refractivity contribution in [1.29, 1.82) is 0 Å². The van der Waals surface area contributed by atoms with Crippen molar-refractivity contribution in [3.63, 3.8) is 0 Å². The van der Waals surface area contributed by atoms with Crippen LogP contribution < -0.4 is 25.0 Å². The maximum Gasteiger partial charge on any atom is 0.275 e. The molecule has 2 rings (SSSR count). The van der Waals surface area contributed by atoms with Gasteiger partial charge in [-0.1, -0.05) is 0 Å². The summed E-state index contributed by atoms with van der Waals surface area (Å²) < 4.78 is 36.6. The number of ether oxygens (including phenoxy) is 2. The molecule has 1 atom stereocenters. The molecule has 0 aliphatic rings. The smallest absolute Gasteiger partial charge is 0.275 e. The lowest BCUT2D eigenvalue weighted by Gasteiger charge is -2.16. The first-order valence-corrected chi connectivity index (χ1v) is 8.86. The summed E-state index contributed by atoms with van der Waals surface area (Å²) in [6.45, 7) is 0.381. The quantitative estimate of drug-likeness (QED) is 0.572. The van der Waals surface area contributed by atoms with E-state index in [4.69, 9.17) is 9.47 Å². The van der Waals surface area contributed by atoms with Crippen LogP contribution in [0.25, 0.3) is 0 Å². The summed E-state index contributed by atoms with van der Waals surface area (Å²) in [7, 11) is 4.97. The second kappa shape index (κ2) is 10.4. The highest BCUT2D eigenvalue weighted by atomic mass is 19.2. The SMILES string of the molecule is COc1ccc(C[NH+](C)CC(=O)NCC(=O)Nc2ccc(F)c(F)c2)c(OC)c1. The Morgan fingerprint density at radius 2 is 1.76 bits per heavy atom. The molecule has 7 nitrogen and oxygen atoms in total. The monoisotopic (exact) mass is 408 g/mol. The van der Waals surface area contributed by atoms with Gasteiger partial charge in [0.1, 0.15) is 18.0 Å². The molecule has 0 heterocycles. The number of halogens is 2. The van der Waals surface area contributed by atoms with Crippen LogP contribution in [0.3, 0.4) is 0 Å². The molecule has 29 heavy (non-hydrogen) atoms. The van der Waals surface area contributed by atoms with Crippen LogP contribution in [0.4, 0.5) is 14.5 Å². The highest BCUT2D eigenvalue weighted by Crippen LogP contribution is 2.23. The van der Waals surface area contributed by atoms with Crippen molar-refractivity contribution in [3.05, 3.63) is 53.6 Å². The van der Waals surface area contributed by atoms with Gasteiger partial charge in [-0.2, -0.15) is 0 Å². The van der Waals surface area contributed by atoms with Crippen LogP contribution >= 0.6 is 0 Å². The van der Waals surface area contributed by atoms with Gasteiger partial charge in [0.15, 0.2) is 18.2 Å². The average Bonchev–Trinajstić information content (AvgIpc) is 2.69. The summed E-state index contributed by atoms with van der Waals surface area (Å²) in [5.74, 6) is -1.60. The van der Waals surface area contributed by atoms with Crippen molar-refractivity contribution in [1.82, 2.24) is 5.32 Å². The molecule has 0 saturated heterocycles. The number of hydrogen-bond donors (Lipinski definition) is 3. The lowest BCUT2D eigenvalue weighted by molar-refractivity contribution is -0.885. The molecule has 2 aromatic carbocycles. The van der Waals surface area contributed by atoms with Crippen molar-refractivity contribution >= 4 is 17.5 Å². The molecule has 3 N–H and O–H groups in total. The van der Waals surface area contributed by atoms with Gasteiger partial charge in [0.05, 0.1) is 27.8 Å². The maximum absolute atomic E-state index is 13.1. The van der Waals surface area contributed by atoms with E-state index in [1.807, 2.05) is 19.2 Å². The molecule has 1 unspecified atom stereocenters. The Balaban J connectivity index is 1.81. The molecule has 156 valence electrons. The summed E-state index contributed by atoms with van der Waals surface area (Å²) in [6, 6.07) is 8.47. The van der Waals surface area contributed by atoms with Crippen LogP contribution in [0.2, 0.25) is 0 Å². The topological polar surface area (TPSA) is 81.1 Å². The average molecular weight is 408 g/mol. The minimum absolute atomic E-state index is 0.109. The first-order valence-electron chi connectivity index (χ1n) is 8.86. The molecule has 0 fully saturated rings.